The van der Waals surface area contributed by atoms with Crippen LogP contribution >= 0.6 is 0 Å². The molecule has 0 aromatic heterocycles. The smallest absolute Gasteiger partial charge is 0.254 e. The van der Waals surface area contributed by atoms with Crippen LogP contribution in [0.1, 0.15) is 18.4 Å². The van der Waals surface area contributed by atoms with Crippen LogP contribution < -0.4 is 9.80 Å². The van der Waals surface area contributed by atoms with E-state index in [2.05, 4.69) is 16.8 Å². The summed E-state index contributed by atoms with van der Waals surface area (Å²) in [6.07, 6.45) is 2.98. The monoisotopic (exact) mass is 415 g/mol. The van der Waals surface area contributed by atoms with Gasteiger partial charge in [0.05, 0.1) is 0 Å². The molecule has 1 amide bonds. The van der Waals surface area contributed by atoms with Gasteiger partial charge in [-0.1, -0.05) is 0 Å². The molecule has 0 bridgehead atoms. The Hall–Kier alpha value is -2.80. The summed E-state index contributed by atoms with van der Waals surface area (Å²) >= 11 is 0. The predicted octanol–water partition coefficient (Wildman–Crippen LogP) is 4.07. The number of halogens is 3. The van der Waals surface area contributed by atoms with Gasteiger partial charge in [0.1, 0.15) is 5.82 Å². The van der Waals surface area contributed by atoms with E-state index in [1.807, 2.05) is 0 Å². The lowest BCUT2D eigenvalue weighted by Gasteiger charge is -2.35. The van der Waals surface area contributed by atoms with Gasteiger partial charge in [0.2, 0.25) is 0 Å². The molecule has 4 nitrogen and oxygen atoms in total. The number of nitrogens with zero attached hydrogens (tertiary/aromatic N) is 3. The molecular formula is C23H24F3N3O. The van der Waals surface area contributed by atoms with Crippen molar-refractivity contribution in [1.82, 2.24) is 4.90 Å². The molecule has 4 rings (SSSR count). The summed E-state index contributed by atoms with van der Waals surface area (Å²) in [5.41, 5.74) is 2.42. The summed E-state index contributed by atoms with van der Waals surface area (Å²) in [6, 6.07) is 8.10. The average Bonchev–Trinajstić information content (AvgIpc) is 2.73. The zero-order valence-corrected chi connectivity index (χ0v) is 16.9. The second-order valence-electron chi connectivity index (χ2n) is 7.82. The highest BCUT2D eigenvalue weighted by Crippen LogP contribution is 2.30. The molecular weight excluding hydrogens is 391 g/mol. The van der Waals surface area contributed by atoms with Gasteiger partial charge in [-0.2, -0.15) is 0 Å². The van der Waals surface area contributed by atoms with Crippen LogP contribution in [0.2, 0.25) is 0 Å². The van der Waals surface area contributed by atoms with Crippen LogP contribution in [-0.4, -0.2) is 50.6 Å². The third kappa shape index (κ3) is 4.21. The molecule has 2 aliphatic rings. The van der Waals surface area contributed by atoms with E-state index < -0.39 is 11.6 Å². The van der Waals surface area contributed by atoms with Gasteiger partial charge in [-0.3, -0.25) is 4.79 Å². The van der Waals surface area contributed by atoms with Crippen LogP contribution in [0, 0.1) is 17.5 Å². The quantitative estimate of drug-likeness (QED) is 0.708. The first-order chi connectivity index (χ1) is 14.4. The number of amides is 1. The van der Waals surface area contributed by atoms with Crippen molar-refractivity contribution >= 4 is 23.4 Å². The van der Waals surface area contributed by atoms with Crippen molar-refractivity contribution in [2.45, 2.75) is 12.8 Å². The highest BCUT2D eigenvalue weighted by atomic mass is 19.2. The van der Waals surface area contributed by atoms with Crippen LogP contribution in [0.4, 0.5) is 24.5 Å². The van der Waals surface area contributed by atoms with Crippen molar-refractivity contribution in [1.29, 1.82) is 0 Å². The minimum atomic E-state index is -0.987. The third-order valence-electron chi connectivity index (χ3n) is 5.73. The molecule has 2 saturated heterocycles. The molecule has 0 saturated carbocycles. The summed E-state index contributed by atoms with van der Waals surface area (Å²) in [7, 11) is 2.07. The van der Waals surface area contributed by atoms with Crippen molar-refractivity contribution in [3.8, 4) is 0 Å². The Balaban J connectivity index is 1.64. The molecule has 0 N–H and O–H groups in total. The van der Waals surface area contributed by atoms with E-state index in [0.29, 0.717) is 36.2 Å². The zero-order chi connectivity index (χ0) is 21.3. The van der Waals surface area contributed by atoms with Crippen molar-refractivity contribution in [2.75, 3.05) is 49.6 Å². The fourth-order valence-electron chi connectivity index (χ4n) is 4.01. The molecule has 2 aromatic rings. The number of benzene rings is 2. The van der Waals surface area contributed by atoms with Gasteiger partial charge in [0.25, 0.3) is 5.91 Å². The number of hydrogen-bond acceptors (Lipinski definition) is 3. The first-order valence-electron chi connectivity index (χ1n) is 10.1. The van der Waals surface area contributed by atoms with E-state index in [9.17, 15) is 18.0 Å². The number of hydrogen-bond donors (Lipinski definition) is 0. The topological polar surface area (TPSA) is 26.8 Å². The Morgan fingerprint density at radius 1 is 0.900 bits per heavy atom. The lowest BCUT2D eigenvalue weighted by Crippen LogP contribution is -2.44. The van der Waals surface area contributed by atoms with Gasteiger partial charge in [-0.15, -0.1) is 0 Å². The van der Waals surface area contributed by atoms with Crippen LogP contribution in [0.15, 0.2) is 42.0 Å². The normalized spacial score (nSPS) is 19.6. The number of anilines is 2. The maximum atomic E-state index is 14.0. The number of piperidine rings is 1. The molecule has 0 unspecified atom stereocenters. The second kappa shape index (κ2) is 8.52. The lowest BCUT2D eigenvalue weighted by atomic mass is 9.99. The van der Waals surface area contributed by atoms with E-state index in [4.69, 9.17) is 0 Å². The number of carbonyl (C=O) groups is 1. The van der Waals surface area contributed by atoms with E-state index in [1.54, 1.807) is 12.1 Å². The molecule has 30 heavy (non-hydrogen) atoms. The summed E-state index contributed by atoms with van der Waals surface area (Å²) in [5.74, 6) is -2.56. The first-order valence-corrected chi connectivity index (χ1v) is 10.1. The number of likely N-dealkylation sites (N-methyl/N-ethyl adjacent to an activating group) is 1. The fourth-order valence-corrected chi connectivity index (χ4v) is 4.01. The zero-order valence-electron chi connectivity index (χ0n) is 16.9. The van der Waals surface area contributed by atoms with Crippen molar-refractivity contribution < 1.29 is 18.0 Å². The van der Waals surface area contributed by atoms with E-state index >= 15 is 0 Å². The van der Waals surface area contributed by atoms with E-state index in [0.717, 1.165) is 44.0 Å². The molecule has 2 heterocycles. The van der Waals surface area contributed by atoms with Crippen molar-refractivity contribution in [3.05, 3.63) is 65.0 Å². The van der Waals surface area contributed by atoms with Gasteiger partial charge in [0, 0.05) is 61.3 Å². The van der Waals surface area contributed by atoms with Crippen LogP contribution in [-0.2, 0) is 4.79 Å². The van der Waals surface area contributed by atoms with Gasteiger partial charge >= 0.3 is 0 Å². The number of carbonyl (C=O) groups excluding carboxylic acids is 1. The molecule has 2 fully saturated rings. The molecule has 7 heteroatoms. The minimum absolute atomic E-state index is 0.263. The Morgan fingerprint density at radius 3 is 2.40 bits per heavy atom. The van der Waals surface area contributed by atoms with E-state index in [1.165, 1.54) is 23.1 Å². The Bertz CT molecular complexity index is 984. The maximum absolute atomic E-state index is 14.0. The first kappa shape index (κ1) is 20.5. The predicted molar refractivity (Wildman–Crippen MR) is 112 cm³/mol. The molecule has 0 aliphatic carbocycles. The Labute approximate surface area is 174 Å². The molecule has 0 atom stereocenters. The summed E-state index contributed by atoms with van der Waals surface area (Å²) in [6.45, 7) is 3.91. The molecule has 0 radical (unpaired) electrons. The number of rotatable bonds is 3. The highest BCUT2D eigenvalue weighted by Gasteiger charge is 2.26. The van der Waals surface area contributed by atoms with Gasteiger partial charge in [-0.05, 0) is 56.3 Å². The van der Waals surface area contributed by atoms with E-state index in [-0.39, 0.29) is 11.7 Å². The standard InChI is InChI=1S/C23H24F3N3O/c1-27-9-11-28(12-10-27)22-7-4-18(24)14-17(22)13-16-3-2-8-29(23(16)30)19-5-6-20(25)21(26)15-19/h4-7,13-15H,2-3,8-12H2,1H3. The van der Waals surface area contributed by atoms with Gasteiger partial charge < -0.3 is 14.7 Å². The molecule has 2 aliphatic heterocycles. The third-order valence-corrected chi connectivity index (χ3v) is 5.73. The largest absolute Gasteiger partial charge is 0.368 e. The van der Waals surface area contributed by atoms with Crippen LogP contribution in [0.5, 0.6) is 0 Å². The van der Waals surface area contributed by atoms with Crippen molar-refractivity contribution in [2.24, 2.45) is 0 Å². The second-order valence-corrected chi connectivity index (χ2v) is 7.82. The lowest BCUT2D eigenvalue weighted by molar-refractivity contribution is -0.115. The summed E-state index contributed by atoms with van der Waals surface area (Å²) < 4.78 is 41.0. The summed E-state index contributed by atoms with van der Waals surface area (Å²) in [5, 5.41) is 0. The van der Waals surface area contributed by atoms with Gasteiger partial charge in [-0.25, -0.2) is 13.2 Å². The highest BCUT2D eigenvalue weighted by molar-refractivity contribution is 6.09. The van der Waals surface area contributed by atoms with Gasteiger partial charge in [0.15, 0.2) is 11.6 Å². The summed E-state index contributed by atoms with van der Waals surface area (Å²) in [4.78, 5) is 19.0. The Morgan fingerprint density at radius 2 is 1.67 bits per heavy atom. The Kier molecular flexibility index (Phi) is 5.81. The molecule has 0 spiro atoms. The SMILES string of the molecule is CN1CCN(c2ccc(F)cc2C=C2CCCN(c3ccc(F)c(F)c3)C2=O)CC1. The maximum Gasteiger partial charge on any atom is 0.254 e. The fraction of sp³-hybridized carbons (Fsp3) is 0.348. The molecule has 2 aromatic carbocycles. The molecule has 158 valence electrons. The van der Waals surface area contributed by atoms with Crippen LogP contribution in [0.25, 0.3) is 6.08 Å². The average molecular weight is 415 g/mol. The minimum Gasteiger partial charge on any atom is -0.368 e. The number of piperazine rings is 1. The van der Waals surface area contributed by atoms with Crippen LogP contribution in [0.3, 0.4) is 0 Å². The van der Waals surface area contributed by atoms with Crippen molar-refractivity contribution in [3.63, 3.8) is 0 Å².